The SMILES string of the molecule is CCNC(=O)NN(C)CC(=O)NC(CC(=O)OC(C)(C)C)C(=O)N(Cc1cccc2ccccc12)[C@@H](C)C(OCC)OCC. The van der Waals surface area contributed by atoms with Gasteiger partial charge in [0.25, 0.3) is 0 Å². The van der Waals surface area contributed by atoms with Crippen molar-refractivity contribution in [1.82, 2.24) is 26.0 Å². The summed E-state index contributed by atoms with van der Waals surface area (Å²) in [4.78, 5) is 54.0. The molecule has 0 aliphatic rings. The van der Waals surface area contributed by atoms with Crippen LogP contribution in [0.25, 0.3) is 10.8 Å². The average Bonchev–Trinajstić information content (AvgIpc) is 2.93. The van der Waals surface area contributed by atoms with E-state index in [1.807, 2.05) is 63.2 Å². The predicted molar refractivity (Wildman–Crippen MR) is 168 cm³/mol. The molecule has 2 rings (SSSR count). The van der Waals surface area contributed by atoms with Crippen LogP contribution in [0.15, 0.2) is 42.5 Å². The van der Waals surface area contributed by atoms with Gasteiger partial charge in [0.15, 0.2) is 6.29 Å². The van der Waals surface area contributed by atoms with Crippen LogP contribution < -0.4 is 16.1 Å². The lowest BCUT2D eigenvalue weighted by Gasteiger charge is -2.37. The number of urea groups is 1. The summed E-state index contributed by atoms with van der Waals surface area (Å²) in [6.07, 6.45) is -1.16. The fraction of sp³-hybridized carbons (Fsp3) is 0.562. The Morgan fingerprint density at radius 3 is 2.18 bits per heavy atom. The summed E-state index contributed by atoms with van der Waals surface area (Å²) in [7, 11) is 1.52. The molecule has 2 aromatic rings. The third-order valence-electron chi connectivity index (χ3n) is 6.49. The summed E-state index contributed by atoms with van der Waals surface area (Å²) < 4.78 is 17.3. The standard InChI is InChI=1S/C32H49N5O7/c1-9-33-31(41)35-36(8)21-27(38)34-26(19-28(39)44-32(5,6)7)29(40)37(22(4)30(42-10-2)43-11-3)20-24-17-14-16-23-15-12-13-18-25(23)24/h12-18,22,26,30H,9-11,19-21H2,1-8H3,(H,34,38)(H2,33,35,41)/t22-,26?/m0/s1. The van der Waals surface area contributed by atoms with Gasteiger partial charge in [0.2, 0.25) is 11.8 Å². The molecule has 44 heavy (non-hydrogen) atoms. The highest BCUT2D eigenvalue weighted by Crippen LogP contribution is 2.23. The first-order chi connectivity index (χ1) is 20.8. The molecule has 244 valence electrons. The van der Waals surface area contributed by atoms with E-state index in [9.17, 15) is 19.2 Å². The summed E-state index contributed by atoms with van der Waals surface area (Å²) in [5.74, 6) is -1.72. The second kappa shape index (κ2) is 17.5. The third kappa shape index (κ3) is 11.7. The van der Waals surface area contributed by atoms with Gasteiger partial charge >= 0.3 is 12.0 Å². The zero-order valence-corrected chi connectivity index (χ0v) is 27.3. The molecule has 2 aromatic carbocycles. The summed E-state index contributed by atoms with van der Waals surface area (Å²) in [5.41, 5.74) is 2.60. The third-order valence-corrected chi connectivity index (χ3v) is 6.49. The van der Waals surface area contributed by atoms with E-state index in [2.05, 4.69) is 16.1 Å². The number of rotatable bonds is 16. The maximum atomic E-state index is 14.4. The number of nitrogens with zero attached hydrogens (tertiary/aromatic N) is 2. The number of carbonyl (C=O) groups is 4. The van der Waals surface area contributed by atoms with Crippen molar-refractivity contribution in [2.24, 2.45) is 0 Å². The monoisotopic (exact) mass is 615 g/mol. The Morgan fingerprint density at radius 2 is 1.57 bits per heavy atom. The van der Waals surface area contributed by atoms with Crippen molar-refractivity contribution < 1.29 is 33.4 Å². The number of fused-ring (bicyclic) bond motifs is 1. The largest absolute Gasteiger partial charge is 0.460 e. The number of esters is 1. The van der Waals surface area contributed by atoms with Crippen molar-refractivity contribution in [2.75, 3.05) is 33.4 Å². The Bertz CT molecular complexity index is 1240. The number of amides is 4. The Morgan fingerprint density at radius 1 is 0.932 bits per heavy atom. The average molecular weight is 616 g/mol. The van der Waals surface area contributed by atoms with Gasteiger partial charge in [-0.05, 0) is 64.8 Å². The van der Waals surface area contributed by atoms with Crippen LogP contribution >= 0.6 is 0 Å². The molecule has 0 spiro atoms. The highest BCUT2D eigenvalue weighted by Gasteiger charge is 2.36. The van der Waals surface area contributed by atoms with Crippen LogP contribution in [0.4, 0.5) is 4.79 Å². The van der Waals surface area contributed by atoms with E-state index in [4.69, 9.17) is 14.2 Å². The molecule has 0 aliphatic carbocycles. The van der Waals surface area contributed by atoms with Crippen molar-refractivity contribution >= 4 is 34.6 Å². The topological polar surface area (TPSA) is 139 Å². The Kier molecular flexibility index (Phi) is 14.5. The Hall–Kier alpha value is -3.74. The first-order valence-corrected chi connectivity index (χ1v) is 15.1. The lowest BCUT2D eigenvalue weighted by molar-refractivity contribution is -0.180. The smallest absolute Gasteiger partial charge is 0.329 e. The number of ether oxygens (including phenoxy) is 3. The molecule has 12 heteroatoms. The van der Waals surface area contributed by atoms with E-state index < -0.39 is 54.2 Å². The van der Waals surface area contributed by atoms with Crippen LogP contribution in [0.5, 0.6) is 0 Å². The van der Waals surface area contributed by atoms with E-state index in [0.29, 0.717) is 19.8 Å². The predicted octanol–water partition coefficient (Wildman–Crippen LogP) is 3.34. The molecule has 12 nitrogen and oxygen atoms in total. The maximum Gasteiger partial charge on any atom is 0.329 e. The second-order valence-corrected chi connectivity index (χ2v) is 11.4. The number of hydrogen-bond acceptors (Lipinski definition) is 8. The first-order valence-electron chi connectivity index (χ1n) is 15.1. The van der Waals surface area contributed by atoms with Crippen molar-refractivity contribution in [3.63, 3.8) is 0 Å². The van der Waals surface area contributed by atoms with Gasteiger partial charge in [-0.25, -0.2) is 9.80 Å². The number of hydrogen-bond donors (Lipinski definition) is 3. The minimum atomic E-state index is -1.27. The summed E-state index contributed by atoms with van der Waals surface area (Å²) in [5, 5.41) is 8.55. The molecule has 0 aliphatic heterocycles. The molecule has 1 unspecified atom stereocenters. The summed E-state index contributed by atoms with van der Waals surface area (Å²) in [6, 6.07) is 11.4. The van der Waals surface area contributed by atoms with Gasteiger partial charge in [-0.1, -0.05) is 42.5 Å². The number of benzene rings is 2. The fourth-order valence-corrected chi connectivity index (χ4v) is 4.66. The molecule has 0 radical (unpaired) electrons. The zero-order valence-electron chi connectivity index (χ0n) is 27.3. The fourth-order valence-electron chi connectivity index (χ4n) is 4.66. The molecule has 2 atom stereocenters. The van der Waals surface area contributed by atoms with Gasteiger partial charge in [0.05, 0.1) is 19.0 Å². The molecular formula is C32H49N5O7. The van der Waals surface area contributed by atoms with Crippen LogP contribution in [0.3, 0.4) is 0 Å². The minimum absolute atomic E-state index is 0.164. The van der Waals surface area contributed by atoms with E-state index in [1.54, 1.807) is 32.6 Å². The molecular weight excluding hydrogens is 566 g/mol. The van der Waals surface area contributed by atoms with E-state index >= 15 is 0 Å². The summed E-state index contributed by atoms with van der Waals surface area (Å²) >= 11 is 0. The molecule has 0 saturated carbocycles. The zero-order chi connectivity index (χ0) is 32.9. The van der Waals surface area contributed by atoms with Crippen LogP contribution in [-0.2, 0) is 35.1 Å². The van der Waals surface area contributed by atoms with Gasteiger partial charge in [-0.3, -0.25) is 19.8 Å². The van der Waals surface area contributed by atoms with Crippen molar-refractivity contribution in [1.29, 1.82) is 0 Å². The number of carbonyl (C=O) groups excluding carboxylic acids is 4. The maximum absolute atomic E-state index is 14.4. The number of nitrogens with one attached hydrogen (secondary N) is 3. The van der Waals surface area contributed by atoms with Gasteiger partial charge < -0.3 is 29.7 Å². The van der Waals surface area contributed by atoms with E-state index in [-0.39, 0.29) is 13.1 Å². The highest BCUT2D eigenvalue weighted by atomic mass is 16.7. The minimum Gasteiger partial charge on any atom is -0.460 e. The Labute approximate surface area is 260 Å². The molecule has 0 bridgehead atoms. The van der Waals surface area contributed by atoms with Gasteiger partial charge in [0.1, 0.15) is 11.6 Å². The van der Waals surface area contributed by atoms with Crippen LogP contribution in [0, 0.1) is 0 Å². The van der Waals surface area contributed by atoms with E-state index in [1.165, 1.54) is 12.1 Å². The summed E-state index contributed by atoms with van der Waals surface area (Å²) in [6.45, 7) is 13.5. The van der Waals surface area contributed by atoms with Crippen molar-refractivity contribution in [3.05, 3.63) is 48.0 Å². The van der Waals surface area contributed by atoms with Gasteiger partial charge in [0, 0.05) is 33.4 Å². The van der Waals surface area contributed by atoms with Crippen LogP contribution in [-0.4, -0.2) is 91.0 Å². The number of likely N-dealkylation sites (N-methyl/N-ethyl adjacent to an activating group) is 1. The van der Waals surface area contributed by atoms with Crippen LogP contribution in [0.1, 0.15) is 60.5 Å². The molecule has 4 amide bonds. The van der Waals surface area contributed by atoms with Gasteiger partial charge in [-0.15, -0.1) is 0 Å². The molecule has 3 N–H and O–H groups in total. The lowest BCUT2D eigenvalue weighted by atomic mass is 10.0. The highest BCUT2D eigenvalue weighted by molar-refractivity contribution is 5.92. The molecule has 0 fully saturated rings. The van der Waals surface area contributed by atoms with Crippen molar-refractivity contribution in [2.45, 2.75) is 85.4 Å². The molecule has 0 aromatic heterocycles. The van der Waals surface area contributed by atoms with Gasteiger partial charge in [-0.2, -0.15) is 0 Å². The normalized spacial score (nSPS) is 13.0. The quantitative estimate of drug-likeness (QED) is 0.149. The molecule has 0 heterocycles. The number of hydrazine groups is 1. The Balaban J connectivity index is 2.47. The van der Waals surface area contributed by atoms with E-state index in [0.717, 1.165) is 16.3 Å². The first kappa shape index (κ1) is 36.5. The van der Waals surface area contributed by atoms with Crippen molar-refractivity contribution in [3.8, 4) is 0 Å². The second-order valence-electron chi connectivity index (χ2n) is 11.4. The van der Waals surface area contributed by atoms with Crippen LogP contribution in [0.2, 0.25) is 0 Å². The lowest BCUT2D eigenvalue weighted by Crippen LogP contribution is -2.57. The molecule has 0 saturated heterocycles.